The first-order valence-corrected chi connectivity index (χ1v) is 12.9. The third-order valence-corrected chi connectivity index (χ3v) is 7.35. The third-order valence-electron chi connectivity index (χ3n) is 7.35. The fraction of sp³-hybridized carbons (Fsp3) is 0.481. The van der Waals surface area contributed by atoms with E-state index in [9.17, 15) is 22.8 Å². The van der Waals surface area contributed by atoms with Gasteiger partial charge in [0.05, 0.1) is 0 Å². The molecule has 2 N–H and O–H groups in total. The number of aryl methyl sites for hydroxylation is 1. The molecular formula is C27H31F3N6O2. The highest BCUT2D eigenvalue weighted by Crippen LogP contribution is 2.43. The zero-order valence-electron chi connectivity index (χ0n) is 21.2. The lowest BCUT2D eigenvalue weighted by Gasteiger charge is -2.33. The Balaban J connectivity index is 1.40. The van der Waals surface area contributed by atoms with Gasteiger partial charge in [-0.15, -0.1) is 10.2 Å². The molecule has 0 aliphatic heterocycles. The van der Waals surface area contributed by atoms with Crippen LogP contribution in [0.2, 0.25) is 0 Å². The van der Waals surface area contributed by atoms with Crippen LogP contribution < -0.4 is 16.2 Å². The normalized spacial score (nSPS) is 16.7. The van der Waals surface area contributed by atoms with Crippen LogP contribution in [0.25, 0.3) is 0 Å². The zero-order valence-corrected chi connectivity index (χ0v) is 21.2. The van der Waals surface area contributed by atoms with E-state index in [0.717, 1.165) is 50.0 Å². The van der Waals surface area contributed by atoms with Gasteiger partial charge < -0.3 is 19.8 Å². The van der Waals surface area contributed by atoms with Gasteiger partial charge in [-0.25, -0.2) is 0 Å². The molecule has 2 aliphatic carbocycles. The van der Waals surface area contributed by atoms with Gasteiger partial charge in [-0.05, 0) is 73.4 Å². The van der Waals surface area contributed by atoms with E-state index >= 15 is 0 Å². The summed E-state index contributed by atoms with van der Waals surface area (Å²) < 4.78 is 42.0. The molecule has 11 heteroatoms. The Morgan fingerprint density at radius 1 is 1.18 bits per heavy atom. The number of amides is 1. The maximum Gasteiger partial charge on any atom is 0.406 e. The zero-order chi connectivity index (χ0) is 26.9. The smallest absolute Gasteiger partial charge is 0.322 e. The van der Waals surface area contributed by atoms with E-state index in [1.807, 2.05) is 29.8 Å². The first-order chi connectivity index (χ1) is 18.2. The van der Waals surface area contributed by atoms with Gasteiger partial charge in [0.25, 0.3) is 11.5 Å². The number of hydrogen-bond acceptors (Lipinski definition) is 5. The van der Waals surface area contributed by atoms with Gasteiger partial charge in [-0.3, -0.25) is 9.59 Å². The first kappa shape index (κ1) is 26.1. The number of carbonyl (C=O) groups excluding carboxylic acids is 1. The molecule has 2 heterocycles. The van der Waals surface area contributed by atoms with Gasteiger partial charge in [0.1, 0.15) is 24.3 Å². The van der Waals surface area contributed by atoms with Crippen LogP contribution in [0.1, 0.15) is 65.3 Å². The van der Waals surface area contributed by atoms with E-state index in [1.54, 1.807) is 12.4 Å². The van der Waals surface area contributed by atoms with Crippen LogP contribution in [0.5, 0.6) is 0 Å². The molecule has 1 unspecified atom stereocenters. The van der Waals surface area contributed by atoms with Crippen molar-refractivity contribution in [3.05, 3.63) is 75.7 Å². The molecular weight excluding hydrogens is 497 g/mol. The molecule has 8 nitrogen and oxygen atoms in total. The lowest BCUT2D eigenvalue weighted by Crippen LogP contribution is -2.34. The van der Waals surface area contributed by atoms with Crippen LogP contribution in [-0.2, 0) is 20.1 Å². The number of pyridine rings is 1. The fourth-order valence-corrected chi connectivity index (χ4v) is 5.00. The minimum atomic E-state index is -4.59. The number of benzene rings is 1. The molecule has 202 valence electrons. The van der Waals surface area contributed by atoms with Crippen molar-refractivity contribution < 1.29 is 18.0 Å². The van der Waals surface area contributed by atoms with Crippen LogP contribution in [-0.4, -0.2) is 38.0 Å². The second-order valence-corrected chi connectivity index (χ2v) is 10.4. The number of rotatable bonds is 10. The lowest BCUT2D eigenvalue weighted by atomic mass is 9.72. The van der Waals surface area contributed by atoms with E-state index in [-0.39, 0.29) is 18.0 Å². The van der Waals surface area contributed by atoms with Crippen LogP contribution in [0.4, 0.5) is 18.9 Å². The second kappa shape index (κ2) is 10.7. The second-order valence-electron chi connectivity index (χ2n) is 10.4. The SMILES string of the molecule is Cn1cnnc1C(c1cccc(NC(=O)c2cc(CNCC3CC3)cn(CC(F)(F)F)c2=O)c1)C1CCC1. The van der Waals surface area contributed by atoms with Crippen LogP contribution in [0.3, 0.4) is 0 Å². The summed E-state index contributed by atoms with van der Waals surface area (Å²) >= 11 is 0. The number of nitrogens with zero attached hydrogens (tertiary/aromatic N) is 4. The summed E-state index contributed by atoms with van der Waals surface area (Å²) in [6, 6.07) is 8.70. The van der Waals surface area contributed by atoms with Gasteiger partial charge >= 0.3 is 6.18 Å². The Labute approximate surface area is 218 Å². The number of anilines is 1. The number of hydrogen-bond donors (Lipinski definition) is 2. The van der Waals surface area contributed by atoms with E-state index in [0.29, 0.717) is 27.7 Å². The van der Waals surface area contributed by atoms with Crippen molar-refractivity contribution in [3.8, 4) is 0 Å². The van der Waals surface area contributed by atoms with Crippen molar-refractivity contribution >= 4 is 11.6 Å². The highest BCUT2D eigenvalue weighted by atomic mass is 19.4. The van der Waals surface area contributed by atoms with Crippen LogP contribution in [0.15, 0.2) is 47.7 Å². The van der Waals surface area contributed by atoms with Gasteiger partial charge in [0, 0.05) is 31.4 Å². The highest BCUT2D eigenvalue weighted by molar-refractivity contribution is 6.04. The molecule has 2 fully saturated rings. The number of nitrogens with one attached hydrogen (secondary N) is 2. The van der Waals surface area contributed by atoms with Crippen molar-refractivity contribution in [2.24, 2.45) is 18.9 Å². The summed E-state index contributed by atoms with van der Waals surface area (Å²) in [6.45, 7) is -0.440. The minimum absolute atomic E-state index is 0.00187. The maximum absolute atomic E-state index is 13.2. The van der Waals surface area contributed by atoms with Gasteiger partial charge in [-0.2, -0.15) is 13.2 Å². The molecule has 2 aromatic heterocycles. The number of alkyl halides is 3. The van der Waals surface area contributed by atoms with Gasteiger partial charge in [0.2, 0.25) is 0 Å². The molecule has 2 aliphatic rings. The standard InChI is InChI=1S/C27H31F3N6O2/c1-35-16-32-34-24(35)23(19-4-2-5-19)20-6-3-7-21(11-20)33-25(37)22-10-18(13-31-12-17-8-9-17)14-36(26(22)38)15-27(28,29)30/h3,6-7,10-11,14,16-17,19,23,31H,2,4-5,8-9,12-13,15H2,1H3,(H,33,37). The molecule has 0 radical (unpaired) electrons. The van der Waals surface area contributed by atoms with Crippen molar-refractivity contribution in [3.63, 3.8) is 0 Å². The quantitative estimate of drug-likeness (QED) is 0.411. The van der Waals surface area contributed by atoms with Gasteiger partial charge in [-0.1, -0.05) is 18.6 Å². The van der Waals surface area contributed by atoms with Gasteiger partial charge in [0.15, 0.2) is 0 Å². The Morgan fingerprint density at radius 3 is 2.61 bits per heavy atom. The summed E-state index contributed by atoms with van der Waals surface area (Å²) in [5, 5.41) is 14.3. The summed E-state index contributed by atoms with van der Waals surface area (Å²) in [5.41, 5.74) is 0.553. The molecule has 1 amide bonds. The lowest BCUT2D eigenvalue weighted by molar-refractivity contribution is -0.141. The van der Waals surface area contributed by atoms with Crippen LogP contribution in [0, 0.1) is 11.8 Å². The summed E-state index contributed by atoms with van der Waals surface area (Å²) in [6.07, 6.45) is 3.77. The Hall–Kier alpha value is -3.47. The molecule has 1 aromatic carbocycles. The molecule has 5 rings (SSSR count). The average molecular weight is 529 g/mol. The predicted molar refractivity (Wildman–Crippen MR) is 136 cm³/mol. The summed E-state index contributed by atoms with van der Waals surface area (Å²) in [4.78, 5) is 26.1. The predicted octanol–water partition coefficient (Wildman–Crippen LogP) is 4.22. The molecule has 0 spiro atoms. The fourth-order valence-electron chi connectivity index (χ4n) is 5.00. The number of carbonyl (C=O) groups is 1. The molecule has 0 bridgehead atoms. The number of aromatic nitrogens is 4. The van der Waals surface area contributed by atoms with E-state index < -0.39 is 24.2 Å². The minimum Gasteiger partial charge on any atom is -0.322 e. The largest absolute Gasteiger partial charge is 0.406 e. The highest BCUT2D eigenvalue weighted by Gasteiger charge is 2.33. The average Bonchev–Trinajstić information content (AvgIpc) is 3.55. The Morgan fingerprint density at radius 2 is 1.97 bits per heavy atom. The van der Waals surface area contributed by atoms with E-state index in [1.165, 1.54) is 12.3 Å². The summed E-state index contributed by atoms with van der Waals surface area (Å²) in [5.74, 6) is 1.07. The Bertz CT molecular complexity index is 1360. The monoisotopic (exact) mass is 528 g/mol. The summed E-state index contributed by atoms with van der Waals surface area (Å²) in [7, 11) is 1.89. The first-order valence-electron chi connectivity index (χ1n) is 12.9. The topological polar surface area (TPSA) is 93.8 Å². The Kier molecular flexibility index (Phi) is 7.38. The van der Waals surface area contributed by atoms with Crippen molar-refractivity contribution in [1.29, 1.82) is 0 Å². The number of halogens is 3. The van der Waals surface area contributed by atoms with E-state index in [2.05, 4.69) is 20.8 Å². The molecule has 0 saturated heterocycles. The molecule has 3 aromatic rings. The van der Waals surface area contributed by atoms with Crippen molar-refractivity contribution in [1.82, 2.24) is 24.6 Å². The van der Waals surface area contributed by atoms with Crippen molar-refractivity contribution in [2.45, 2.75) is 57.3 Å². The van der Waals surface area contributed by atoms with Crippen molar-refractivity contribution in [2.75, 3.05) is 11.9 Å². The van der Waals surface area contributed by atoms with E-state index in [4.69, 9.17) is 0 Å². The third kappa shape index (κ3) is 6.15. The molecule has 2 saturated carbocycles. The molecule has 38 heavy (non-hydrogen) atoms. The molecule has 1 atom stereocenters. The maximum atomic E-state index is 13.2. The van der Waals surface area contributed by atoms with Crippen LogP contribution >= 0.6 is 0 Å².